The van der Waals surface area contributed by atoms with Crippen LogP contribution in [0.25, 0.3) is 0 Å². The summed E-state index contributed by atoms with van der Waals surface area (Å²) in [4.78, 5) is 25.9. The molecule has 1 aliphatic carbocycles. The predicted molar refractivity (Wildman–Crippen MR) is 76.9 cm³/mol. The van der Waals surface area contributed by atoms with E-state index < -0.39 is 5.60 Å². The standard InChI is InChI=1S/C15H21N3O4/c1-10-8-12(22-17-10)9-13(19)18-6-4-15(21,5-7-18)14(20)16-11-2-3-11/h8,11,21H,2-7,9H2,1H3,(H,16,20). The van der Waals surface area contributed by atoms with Gasteiger partial charge in [-0.15, -0.1) is 0 Å². The van der Waals surface area contributed by atoms with Crippen molar-refractivity contribution in [2.45, 2.75) is 50.7 Å². The quantitative estimate of drug-likeness (QED) is 0.826. The van der Waals surface area contributed by atoms with Crippen molar-refractivity contribution in [2.24, 2.45) is 0 Å². The van der Waals surface area contributed by atoms with Gasteiger partial charge in [0.2, 0.25) is 5.91 Å². The lowest BCUT2D eigenvalue weighted by Gasteiger charge is -2.37. The SMILES string of the molecule is Cc1cc(CC(=O)N2CCC(O)(C(=O)NC3CC3)CC2)on1. The van der Waals surface area contributed by atoms with Crippen molar-refractivity contribution >= 4 is 11.8 Å². The van der Waals surface area contributed by atoms with Gasteiger partial charge in [-0.25, -0.2) is 0 Å². The van der Waals surface area contributed by atoms with Gasteiger partial charge >= 0.3 is 0 Å². The normalized spacial score (nSPS) is 20.7. The smallest absolute Gasteiger partial charge is 0.252 e. The van der Waals surface area contributed by atoms with E-state index in [-0.39, 0.29) is 37.1 Å². The largest absolute Gasteiger partial charge is 0.380 e. The Morgan fingerprint density at radius 2 is 2.14 bits per heavy atom. The van der Waals surface area contributed by atoms with Crippen LogP contribution in [0.3, 0.4) is 0 Å². The van der Waals surface area contributed by atoms with Gasteiger partial charge in [-0.2, -0.15) is 0 Å². The van der Waals surface area contributed by atoms with Crippen LogP contribution in [0.4, 0.5) is 0 Å². The summed E-state index contributed by atoms with van der Waals surface area (Å²) >= 11 is 0. The predicted octanol–water partition coefficient (Wildman–Crippen LogP) is 0.158. The highest BCUT2D eigenvalue weighted by Crippen LogP contribution is 2.26. The zero-order chi connectivity index (χ0) is 15.7. The fourth-order valence-electron chi connectivity index (χ4n) is 2.66. The van der Waals surface area contributed by atoms with Crippen molar-refractivity contribution in [3.63, 3.8) is 0 Å². The van der Waals surface area contributed by atoms with Gasteiger partial charge in [-0.3, -0.25) is 9.59 Å². The molecule has 1 saturated carbocycles. The number of nitrogens with zero attached hydrogens (tertiary/aromatic N) is 2. The van der Waals surface area contributed by atoms with Gasteiger partial charge in [0.25, 0.3) is 5.91 Å². The van der Waals surface area contributed by atoms with E-state index in [1.54, 1.807) is 17.9 Å². The number of hydrogen-bond donors (Lipinski definition) is 2. The van der Waals surface area contributed by atoms with Crippen LogP contribution in [0.2, 0.25) is 0 Å². The maximum Gasteiger partial charge on any atom is 0.252 e. The van der Waals surface area contributed by atoms with Gasteiger partial charge in [-0.05, 0) is 19.8 Å². The minimum atomic E-state index is -1.35. The fraction of sp³-hybridized carbons (Fsp3) is 0.667. The first kappa shape index (κ1) is 15.0. The molecule has 0 aromatic carbocycles. The van der Waals surface area contributed by atoms with Gasteiger partial charge in [0.05, 0.1) is 12.1 Å². The number of aryl methyl sites for hydroxylation is 1. The summed E-state index contributed by atoms with van der Waals surface area (Å²) in [6.45, 7) is 2.55. The average molecular weight is 307 g/mol. The van der Waals surface area contributed by atoms with E-state index in [0.29, 0.717) is 18.8 Å². The molecule has 1 aromatic heterocycles. The minimum Gasteiger partial charge on any atom is -0.380 e. The molecule has 2 amide bonds. The van der Waals surface area contributed by atoms with Gasteiger partial charge < -0.3 is 19.8 Å². The first-order valence-electron chi connectivity index (χ1n) is 7.69. The first-order chi connectivity index (χ1) is 10.5. The first-order valence-corrected chi connectivity index (χ1v) is 7.69. The average Bonchev–Trinajstić information content (AvgIpc) is 3.21. The van der Waals surface area contributed by atoms with E-state index in [1.165, 1.54) is 0 Å². The van der Waals surface area contributed by atoms with Crippen LogP contribution in [-0.2, 0) is 16.0 Å². The van der Waals surface area contributed by atoms with Gasteiger partial charge in [-0.1, -0.05) is 5.16 Å². The van der Waals surface area contributed by atoms with Crippen molar-refractivity contribution in [1.82, 2.24) is 15.4 Å². The van der Waals surface area contributed by atoms with E-state index in [9.17, 15) is 14.7 Å². The van der Waals surface area contributed by atoms with Gasteiger partial charge in [0, 0.05) is 38.0 Å². The second kappa shape index (κ2) is 5.72. The molecule has 0 atom stereocenters. The molecule has 0 bridgehead atoms. The Bertz CT molecular complexity index is 571. The zero-order valence-corrected chi connectivity index (χ0v) is 12.7. The molecule has 120 valence electrons. The highest BCUT2D eigenvalue weighted by molar-refractivity contribution is 5.86. The summed E-state index contributed by atoms with van der Waals surface area (Å²) in [6, 6.07) is 1.97. The molecule has 2 N–H and O–H groups in total. The van der Waals surface area contributed by atoms with E-state index in [0.717, 1.165) is 18.5 Å². The Kier molecular flexibility index (Phi) is 3.90. The summed E-state index contributed by atoms with van der Waals surface area (Å²) in [6.07, 6.45) is 2.68. The van der Waals surface area contributed by atoms with Crippen LogP contribution >= 0.6 is 0 Å². The molecule has 0 spiro atoms. The van der Waals surface area contributed by atoms with Crippen LogP contribution in [0.5, 0.6) is 0 Å². The van der Waals surface area contributed by atoms with Crippen LogP contribution < -0.4 is 5.32 Å². The molecule has 0 radical (unpaired) electrons. The number of piperidine rings is 1. The molecule has 3 rings (SSSR count). The number of aromatic nitrogens is 1. The van der Waals surface area contributed by atoms with Crippen LogP contribution in [-0.4, -0.2) is 51.7 Å². The van der Waals surface area contributed by atoms with Crippen LogP contribution in [0, 0.1) is 6.92 Å². The summed E-state index contributed by atoms with van der Waals surface area (Å²) < 4.78 is 5.04. The highest BCUT2D eigenvalue weighted by atomic mass is 16.5. The Balaban J connectivity index is 1.51. The summed E-state index contributed by atoms with van der Waals surface area (Å²) in [5, 5.41) is 17.0. The lowest BCUT2D eigenvalue weighted by Crippen LogP contribution is -2.55. The molecule has 7 heteroatoms. The molecule has 22 heavy (non-hydrogen) atoms. The third-order valence-electron chi connectivity index (χ3n) is 4.28. The Hall–Kier alpha value is -1.89. The van der Waals surface area contributed by atoms with Crippen molar-refractivity contribution in [1.29, 1.82) is 0 Å². The number of amides is 2. The molecular formula is C15H21N3O4. The Morgan fingerprint density at radius 3 is 2.68 bits per heavy atom. The maximum absolute atomic E-state index is 12.2. The molecule has 1 aliphatic heterocycles. The molecule has 0 unspecified atom stereocenters. The molecule has 2 heterocycles. The second-order valence-electron chi connectivity index (χ2n) is 6.27. The molecule has 2 aliphatic rings. The zero-order valence-electron chi connectivity index (χ0n) is 12.7. The number of carbonyl (C=O) groups is 2. The molecule has 7 nitrogen and oxygen atoms in total. The lowest BCUT2D eigenvalue weighted by molar-refractivity contribution is -0.149. The molecule has 1 aromatic rings. The number of likely N-dealkylation sites (tertiary alicyclic amines) is 1. The van der Waals surface area contributed by atoms with Crippen molar-refractivity contribution in [3.8, 4) is 0 Å². The van der Waals surface area contributed by atoms with Crippen molar-refractivity contribution in [2.75, 3.05) is 13.1 Å². The summed E-state index contributed by atoms with van der Waals surface area (Å²) in [5.74, 6) is 0.170. The van der Waals surface area contributed by atoms with E-state index in [1.807, 2.05) is 0 Å². The second-order valence-corrected chi connectivity index (χ2v) is 6.27. The topological polar surface area (TPSA) is 95.7 Å². The highest BCUT2D eigenvalue weighted by Gasteiger charge is 2.42. The van der Waals surface area contributed by atoms with Crippen LogP contribution in [0.15, 0.2) is 10.6 Å². The minimum absolute atomic E-state index is 0.0687. The molecule has 2 fully saturated rings. The van der Waals surface area contributed by atoms with Crippen molar-refractivity contribution < 1.29 is 19.2 Å². The van der Waals surface area contributed by atoms with Gasteiger partial charge in [0.15, 0.2) is 0 Å². The fourth-order valence-corrected chi connectivity index (χ4v) is 2.66. The summed E-state index contributed by atoms with van der Waals surface area (Å²) in [5.41, 5.74) is -0.602. The number of hydrogen-bond acceptors (Lipinski definition) is 5. The number of carbonyl (C=O) groups excluding carboxylic acids is 2. The lowest BCUT2D eigenvalue weighted by atomic mass is 9.90. The third-order valence-corrected chi connectivity index (χ3v) is 4.28. The summed E-state index contributed by atoms with van der Waals surface area (Å²) in [7, 11) is 0. The van der Waals surface area contributed by atoms with Crippen molar-refractivity contribution in [3.05, 3.63) is 17.5 Å². The number of nitrogens with one attached hydrogen (secondary N) is 1. The Morgan fingerprint density at radius 1 is 1.45 bits per heavy atom. The Labute approximate surface area is 128 Å². The monoisotopic (exact) mass is 307 g/mol. The molecule has 1 saturated heterocycles. The third kappa shape index (κ3) is 3.30. The maximum atomic E-state index is 12.2. The number of rotatable bonds is 4. The molecular weight excluding hydrogens is 286 g/mol. The van der Waals surface area contributed by atoms with Gasteiger partial charge in [0.1, 0.15) is 11.4 Å². The number of aliphatic hydroxyl groups is 1. The van der Waals surface area contributed by atoms with E-state index in [2.05, 4.69) is 10.5 Å². The van der Waals surface area contributed by atoms with E-state index >= 15 is 0 Å². The van der Waals surface area contributed by atoms with Crippen LogP contribution in [0.1, 0.15) is 37.1 Å². The van der Waals surface area contributed by atoms with E-state index in [4.69, 9.17) is 4.52 Å².